The summed E-state index contributed by atoms with van der Waals surface area (Å²) in [6, 6.07) is 5.46. The predicted molar refractivity (Wildman–Crippen MR) is 49.3 cm³/mol. The van der Waals surface area contributed by atoms with E-state index >= 15 is 0 Å². The Morgan fingerprint density at radius 2 is 1.12 bits per heavy atom. The first kappa shape index (κ1) is 10.6. The molecule has 84 valence electrons. The molecule has 0 fully saturated rings. The molecule has 0 aromatic heterocycles. The molecule has 2 aliphatic rings. The fraction of sp³-hybridized carbons (Fsp3) is 0.200. The Bertz CT molecular complexity index is 382. The van der Waals surface area contributed by atoms with Gasteiger partial charge in [0.2, 0.25) is 0 Å². The summed E-state index contributed by atoms with van der Waals surface area (Å²) in [4.78, 5) is 22.7. The average Bonchev–Trinajstić information content (AvgIpc) is 2.28. The standard InChI is InChI=1S/C10H8O6/c11-7-5-1-2-6(4-3-5)8(12)16-10(14)9(13)15-7/h1-4,9-10,13-14H. The highest BCUT2D eigenvalue weighted by Crippen LogP contribution is 2.13. The van der Waals surface area contributed by atoms with Crippen LogP contribution in [0, 0.1) is 0 Å². The Labute approximate surface area is 90.0 Å². The molecule has 2 aliphatic heterocycles. The fourth-order valence-corrected chi connectivity index (χ4v) is 1.21. The zero-order valence-electron chi connectivity index (χ0n) is 7.99. The molecule has 0 amide bonds. The molecule has 3 rings (SSSR count). The van der Waals surface area contributed by atoms with E-state index in [4.69, 9.17) is 0 Å². The van der Waals surface area contributed by atoms with E-state index in [0.717, 1.165) is 0 Å². The van der Waals surface area contributed by atoms with Crippen molar-refractivity contribution in [2.24, 2.45) is 0 Å². The van der Waals surface area contributed by atoms with Crippen molar-refractivity contribution >= 4 is 11.9 Å². The zero-order chi connectivity index (χ0) is 11.7. The second kappa shape index (κ2) is 3.92. The minimum atomic E-state index is -1.90. The Balaban J connectivity index is 2.41. The molecule has 2 heterocycles. The normalized spacial score (nSPS) is 24.9. The summed E-state index contributed by atoms with van der Waals surface area (Å²) >= 11 is 0. The predicted octanol–water partition coefficient (Wildman–Crippen LogP) is -0.349. The first-order valence-corrected chi connectivity index (χ1v) is 4.46. The molecule has 16 heavy (non-hydrogen) atoms. The van der Waals surface area contributed by atoms with Crippen LogP contribution in [-0.2, 0) is 9.47 Å². The Hall–Kier alpha value is -1.92. The van der Waals surface area contributed by atoms with E-state index in [0.29, 0.717) is 0 Å². The van der Waals surface area contributed by atoms with Gasteiger partial charge < -0.3 is 19.7 Å². The number of carbonyl (C=O) groups is 2. The summed E-state index contributed by atoms with van der Waals surface area (Å²) in [7, 11) is 0. The number of ether oxygens (including phenoxy) is 2. The Kier molecular flexibility index (Phi) is 2.59. The van der Waals surface area contributed by atoms with Crippen molar-refractivity contribution in [2.75, 3.05) is 0 Å². The lowest BCUT2D eigenvalue weighted by Gasteiger charge is -2.19. The van der Waals surface area contributed by atoms with Crippen LogP contribution >= 0.6 is 0 Å². The SMILES string of the molecule is O=C1OC(O)C(O)OC(=O)c2ccc1cc2. The summed E-state index contributed by atoms with van der Waals surface area (Å²) in [6.45, 7) is 0. The molecule has 1 aromatic rings. The van der Waals surface area contributed by atoms with Crippen LogP contribution in [-0.4, -0.2) is 34.7 Å². The third kappa shape index (κ3) is 1.88. The lowest BCUT2D eigenvalue weighted by Crippen LogP contribution is -2.35. The van der Waals surface area contributed by atoms with E-state index in [9.17, 15) is 19.8 Å². The first-order chi connectivity index (χ1) is 7.58. The fourth-order valence-electron chi connectivity index (χ4n) is 1.21. The number of fused-ring (bicyclic) bond motifs is 7. The van der Waals surface area contributed by atoms with Crippen molar-refractivity contribution in [2.45, 2.75) is 12.6 Å². The summed E-state index contributed by atoms with van der Waals surface area (Å²) in [5, 5.41) is 18.3. The summed E-state index contributed by atoms with van der Waals surface area (Å²) in [6.07, 6.45) is -3.80. The van der Waals surface area contributed by atoms with Crippen LogP contribution in [0.2, 0.25) is 0 Å². The van der Waals surface area contributed by atoms with Gasteiger partial charge in [-0.2, -0.15) is 0 Å². The molecule has 0 saturated heterocycles. The lowest BCUT2D eigenvalue weighted by molar-refractivity contribution is -0.209. The quantitative estimate of drug-likeness (QED) is 0.585. The van der Waals surface area contributed by atoms with E-state index in [-0.39, 0.29) is 11.1 Å². The number of esters is 2. The lowest BCUT2D eigenvalue weighted by atomic mass is 10.1. The maximum Gasteiger partial charge on any atom is 0.340 e. The van der Waals surface area contributed by atoms with Crippen molar-refractivity contribution in [1.29, 1.82) is 0 Å². The Morgan fingerprint density at radius 1 is 0.812 bits per heavy atom. The smallest absolute Gasteiger partial charge is 0.340 e. The highest BCUT2D eigenvalue weighted by molar-refractivity contribution is 5.93. The molecule has 0 spiro atoms. The molecule has 2 N–H and O–H groups in total. The van der Waals surface area contributed by atoms with Crippen LogP contribution < -0.4 is 0 Å². The monoisotopic (exact) mass is 224 g/mol. The number of aliphatic hydroxyl groups excluding tert-OH is 2. The van der Waals surface area contributed by atoms with E-state index < -0.39 is 24.5 Å². The molecule has 0 radical (unpaired) electrons. The summed E-state index contributed by atoms with van der Waals surface area (Å²) in [5.41, 5.74) is 0.342. The van der Waals surface area contributed by atoms with Gasteiger partial charge in [-0.25, -0.2) is 9.59 Å². The topological polar surface area (TPSA) is 93.1 Å². The number of benzene rings is 1. The molecular formula is C10H8O6. The maximum absolute atomic E-state index is 11.3. The number of rotatable bonds is 0. The van der Waals surface area contributed by atoms with E-state index in [1.165, 1.54) is 24.3 Å². The minimum absolute atomic E-state index is 0.171. The molecule has 2 bridgehead atoms. The van der Waals surface area contributed by atoms with Crippen molar-refractivity contribution in [3.05, 3.63) is 35.4 Å². The molecule has 0 aliphatic carbocycles. The molecule has 2 atom stereocenters. The number of aliphatic hydroxyl groups is 2. The van der Waals surface area contributed by atoms with Gasteiger partial charge in [0.05, 0.1) is 11.1 Å². The van der Waals surface area contributed by atoms with Gasteiger partial charge in [-0.3, -0.25) is 0 Å². The average molecular weight is 224 g/mol. The summed E-state index contributed by atoms with van der Waals surface area (Å²) in [5.74, 6) is -1.62. The van der Waals surface area contributed by atoms with Crippen LogP contribution in [0.5, 0.6) is 0 Å². The van der Waals surface area contributed by atoms with Crippen molar-refractivity contribution in [3.8, 4) is 0 Å². The number of hydrogen-bond donors (Lipinski definition) is 2. The zero-order valence-corrected chi connectivity index (χ0v) is 7.99. The van der Waals surface area contributed by atoms with Crippen molar-refractivity contribution < 1.29 is 29.3 Å². The summed E-state index contributed by atoms with van der Waals surface area (Å²) < 4.78 is 8.91. The van der Waals surface area contributed by atoms with Crippen LogP contribution in [0.4, 0.5) is 0 Å². The van der Waals surface area contributed by atoms with Crippen LogP contribution in [0.25, 0.3) is 0 Å². The van der Waals surface area contributed by atoms with E-state index in [1.54, 1.807) is 0 Å². The van der Waals surface area contributed by atoms with Gasteiger partial charge in [-0.05, 0) is 24.3 Å². The van der Waals surface area contributed by atoms with Crippen molar-refractivity contribution in [3.63, 3.8) is 0 Å². The van der Waals surface area contributed by atoms with Gasteiger partial charge in [-0.1, -0.05) is 0 Å². The minimum Gasteiger partial charge on any atom is -0.425 e. The molecule has 6 heteroatoms. The second-order valence-electron chi connectivity index (χ2n) is 3.17. The van der Waals surface area contributed by atoms with Crippen LogP contribution in [0.1, 0.15) is 20.7 Å². The second-order valence-corrected chi connectivity index (χ2v) is 3.17. The Morgan fingerprint density at radius 3 is 1.44 bits per heavy atom. The van der Waals surface area contributed by atoms with E-state index in [2.05, 4.69) is 9.47 Å². The van der Waals surface area contributed by atoms with E-state index in [1.807, 2.05) is 0 Å². The van der Waals surface area contributed by atoms with Crippen LogP contribution in [0.15, 0.2) is 24.3 Å². The number of hydrogen-bond acceptors (Lipinski definition) is 6. The van der Waals surface area contributed by atoms with Gasteiger partial charge in [0, 0.05) is 0 Å². The molecular weight excluding hydrogens is 216 g/mol. The van der Waals surface area contributed by atoms with Gasteiger partial charge in [0.15, 0.2) is 0 Å². The molecule has 2 unspecified atom stereocenters. The highest BCUT2D eigenvalue weighted by Gasteiger charge is 2.27. The third-order valence-corrected chi connectivity index (χ3v) is 2.06. The highest BCUT2D eigenvalue weighted by atomic mass is 16.7. The van der Waals surface area contributed by atoms with Gasteiger partial charge in [-0.15, -0.1) is 0 Å². The van der Waals surface area contributed by atoms with Crippen molar-refractivity contribution in [1.82, 2.24) is 0 Å². The number of carbonyl (C=O) groups excluding carboxylic acids is 2. The van der Waals surface area contributed by atoms with Crippen LogP contribution in [0.3, 0.4) is 0 Å². The molecule has 6 nitrogen and oxygen atoms in total. The van der Waals surface area contributed by atoms with Gasteiger partial charge in [0.1, 0.15) is 0 Å². The molecule has 0 saturated carbocycles. The third-order valence-electron chi connectivity index (χ3n) is 2.06. The maximum atomic E-state index is 11.3. The van der Waals surface area contributed by atoms with Gasteiger partial charge >= 0.3 is 11.9 Å². The molecule has 1 aromatic carbocycles. The first-order valence-electron chi connectivity index (χ1n) is 4.46. The largest absolute Gasteiger partial charge is 0.425 e. The van der Waals surface area contributed by atoms with Gasteiger partial charge in [0.25, 0.3) is 12.6 Å².